The minimum atomic E-state index is 0.599. The van der Waals surface area contributed by atoms with E-state index in [1.165, 1.54) is 18.6 Å². The molecule has 0 saturated carbocycles. The van der Waals surface area contributed by atoms with Crippen molar-refractivity contribution in [1.29, 1.82) is 0 Å². The minimum Gasteiger partial charge on any atom is -0.341 e. The summed E-state index contributed by atoms with van der Waals surface area (Å²) in [4.78, 5) is 8.02. The molecule has 0 amide bonds. The van der Waals surface area contributed by atoms with Crippen molar-refractivity contribution in [3.05, 3.63) is 30.1 Å². The maximum atomic E-state index is 4.62. The van der Waals surface area contributed by atoms with Gasteiger partial charge in [0.2, 0.25) is 0 Å². The van der Waals surface area contributed by atoms with E-state index in [9.17, 15) is 0 Å². The Labute approximate surface area is 87.1 Å². The summed E-state index contributed by atoms with van der Waals surface area (Å²) in [5.41, 5.74) is 2.25. The van der Waals surface area contributed by atoms with E-state index in [4.69, 9.17) is 0 Å². The summed E-state index contributed by atoms with van der Waals surface area (Å²) in [5.74, 6) is 2.44. The molecular weight excluding hydrogens is 192 g/mol. The first kappa shape index (κ1) is 8.36. The highest BCUT2D eigenvalue weighted by atomic mass is 32.2. The summed E-state index contributed by atoms with van der Waals surface area (Å²) in [6.07, 6.45) is 2.59. The third-order valence-corrected chi connectivity index (χ3v) is 4.03. The standard InChI is InChI=1S/C11H12N2S/c1-2-5-9-8(4-1)12-11(13-9)10-6-3-7-14-10/h1-2,4-5,10H,3,6-7H2,(H,12,13). The summed E-state index contributed by atoms with van der Waals surface area (Å²) in [6.45, 7) is 0. The molecule has 2 aromatic rings. The van der Waals surface area contributed by atoms with Crippen molar-refractivity contribution in [3.63, 3.8) is 0 Å². The van der Waals surface area contributed by atoms with Crippen molar-refractivity contribution in [3.8, 4) is 0 Å². The number of hydrogen-bond acceptors (Lipinski definition) is 2. The average Bonchev–Trinajstić information content (AvgIpc) is 2.86. The molecule has 1 atom stereocenters. The predicted octanol–water partition coefficient (Wildman–Crippen LogP) is 3.13. The molecule has 3 rings (SSSR count). The molecule has 1 aromatic carbocycles. The van der Waals surface area contributed by atoms with Gasteiger partial charge >= 0.3 is 0 Å². The predicted molar refractivity (Wildman–Crippen MR) is 60.5 cm³/mol. The molecular formula is C11H12N2S. The molecule has 3 heteroatoms. The lowest BCUT2D eigenvalue weighted by Crippen LogP contribution is -1.90. The molecule has 1 N–H and O–H groups in total. The van der Waals surface area contributed by atoms with E-state index in [0.29, 0.717) is 5.25 Å². The van der Waals surface area contributed by atoms with Gasteiger partial charge in [-0.3, -0.25) is 0 Å². The van der Waals surface area contributed by atoms with Crippen LogP contribution < -0.4 is 0 Å². The number of imidazole rings is 1. The summed E-state index contributed by atoms with van der Waals surface area (Å²) < 4.78 is 0. The smallest absolute Gasteiger partial charge is 0.120 e. The number of hydrogen-bond donors (Lipinski definition) is 1. The minimum absolute atomic E-state index is 0.599. The number of aromatic nitrogens is 2. The Morgan fingerprint density at radius 2 is 2.29 bits per heavy atom. The maximum absolute atomic E-state index is 4.62. The van der Waals surface area contributed by atoms with E-state index >= 15 is 0 Å². The highest BCUT2D eigenvalue weighted by Crippen LogP contribution is 2.38. The maximum Gasteiger partial charge on any atom is 0.120 e. The van der Waals surface area contributed by atoms with Crippen LogP contribution in [0.25, 0.3) is 11.0 Å². The lowest BCUT2D eigenvalue weighted by Gasteiger charge is -2.01. The van der Waals surface area contributed by atoms with Gasteiger partial charge in [0.1, 0.15) is 5.82 Å². The number of nitrogens with one attached hydrogen (secondary N) is 1. The third-order valence-electron chi connectivity index (χ3n) is 2.64. The van der Waals surface area contributed by atoms with Gasteiger partial charge in [0.05, 0.1) is 16.3 Å². The Balaban J connectivity index is 2.05. The van der Waals surface area contributed by atoms with Crippen LogP contribution in [0.1, 0.15) is 23.9 Å². The molecule has 2 nitrogen and oxygen atoms in total. The lowest BCUT2D eigenvalue weighted by atomic mass is 10.2. The van der Waals surface area contributed by atoms with Gasteiger partial charge in [-0.1, -0.05) is 12.1 Å². The number of benzene rings is 1. The monoisotopic (exact) mass is 204 g/mol. The van der Waals surface area contributed by atoms with Crippen LogP contribution in [0.15, 0.2) is 24.3 Å². The largest absolute Gasteiger partial charge is 0.341 e. The van der Waals surface area contributed by atoms with Gasteiger partial charge in [-0.2, -0.15) is 11.8 Å². The highest BCUT2D eigenvalue weighted by Gasteiger charge is 2.20. The molecule has 0 spiro atoms. The Morgan fingerprint density at radius 1 is 1.36 bits per heavy atom. The zero-order chi connectivity index (χ0) is 9.38. The van der Waals surface area contributed by atoms with Crippen molar-refractivity contribution < 1.29 is 0 Å². The SMILES string of the molecule is c1ccc2[nH]c(C3CCCS3)nc2c1. The number of H-pyrrole nitrogens is 1. The quantitative estimate of drug-likeness (QED) is 0.773. The Morgan fingerprint density at radius 3 is 3.07 bits per heavy atom. The first-order valence-electron chi connectivity index (χ1n) is 5.00. The van der Waals surface area contributed by atoms with E-state index in [1.807, 2.05) is 23.9 Å². The van der Waals surface area contributed by atoms with E-state index < -0.39 is 0 Å². The Kier molecular flexibility index (Phi) is 1.98. The van der Waals surface area contributed by atoms with Crippen molar-refractivity contribution in [2.24, 2.45) is 0 Å². The van der Waals surface area contributed by atoms with Crippen LogP contribution in [0.2, 0.25) is 0 Å². The summed E-state index contributed by atoms with van der Waals surface area (Å²) in [6, 6.07) is 8.24. The molecule has 1 saturated heterocycles. The van der Waals surface area contributed by atoms with Crippen molar-refractivity contribution in [1.82, 2.24) is 9.97 Å². The number of para-hydroxylation sites is 2. The topological polar surface area (TPSA) is 28.7 Å². The van der Waals surface area contributed by atoms with Crippen LogP contribution in [0.4, 0.5) is 0 Å². The number of thioether (sulfide) groups is 1. The molecule has 0 radical (unpaired) electrons. The third kappa shape index (κ3) is 1.32. The Hall–Kier alpha value is -0.960. The number of fused-ring (bicyclic) bond motifs is 1. The van der Waals surface area contributed by atoms with Crippen LogP contribution in [-0.4, -0.2) is 15.7 Å². The fraction of sp³-hybridized carbons (Fsp3) is 0.364. The normalized spacial score (nSPS) is 21.9. The number of nitrogens with zero attached hydrogens (tertiary/aromatic N) is 1. The second-order valence-electron chi connectivity index (χ2n) is 3.64. The van der Waals surface area contributed by atoms with Gasteiger partial charge in [-0.15, -0.1) is 0 Å². The van der Waals surface area contributed by atoms with E-state index in [1.54, 1.807) is 0 Å². The molecule has 1 unspecified atom stereocenters. The van der Waals surface area contributed by atoms with Gasteiger partial charge in [-0.05, 0) is 30.7 Å². The zero-order valence-corrected chi connectivity index (χ0v) is 8.68. The van der Waals surface area contributed by atoms with Crippen LogP contribution in [0.5, 0.6) is 0 Å². The van der Waals surface area contributed by atoms with Crippen LogP contribution in [-0.2, 0) is 0 Å². The molecule has 14 heavy (non-hydrogen) atoms. The molecule has 0 aliphatic carbocycles. The Bertz CT molecular complexity index is 410. The van der Waals surface area contributed by atoms with E-state index in [0.717, 1.165) is 16.9 Å². The second kappa shape index (κ2) is 3.31. The molecule has 1 aliphatic rings. The first-order chi connectivity index (χ1) is 6.93. The zero-order valence-electron chi connectivity index (χ0n) is 7.86. The molecule has 2 heterocycles. The molecule has 1 aromatic heterocycles. The fourth-order valence-electron chi connectivity index (χ4n) is 1.92. The molecule has 0 bridgehead atoms. The average molecular weight is 204 g/mol. The fourth-order valence-corrected chi connectivity index (χ4v) is 3.14. The number of aromatic amines is 1. The van der Waals surface area contributed by atoms with Gasteiger partial charge < -0.3 is 4.98 Å². The van der Waals surface area contributed by atoms with Crippen molar-refractivity contribution in [2.75, 3.05) is 5.75 Å². The van der Waals surface area contributed by atoms with Crippen molar-refractivity contribution in [2.45, 2.75) is 18.1 Å². The van der Waals surface area contributed by atoms with E-state index in [2.05, 4.69) is 22.1 Å². The van der Waals surface area contributed by atoms with Gasteiger partial charge in [0, 0.05) is 0 Å². The van der Waals surface area contributed by atoms with Crippen LogP contribution >= 0.6 is 11.8 Å². The second-order valence-corrected chi connectivity index (χ2v) is 4.95. The molecule has 1 aliphatic heterocycles. The van der Waals surface area contributed by atoms with Gasteiger partial charge in [-0.25, -0.2) is 4.98 Å². The van der Waals surface area contributed by atoms with Gasteiger partial charge in [0.15, 0.2) is 0 Å². The first-order valence-corrected chi connectivity index (χ1v) is 6.04. The van der Waals surface area contributed by atoms with Crippen LogP contribution in [0.3, 0.4) is 0 Å². The van der Waals surface area contributed by atoms with E-state index in [-0.39, 0.29) is 0 Å². The summed E-state index contributed by atoms with van der Waals surface area (Å²) in [7, 11) is 0. The summed E-state index contributed by atoms with van der Waals surface area (Å²) >= 11 is 2.02. The molecule has 72 valence electrons. The van der Waals surface area contributed by atoms with Gasteiger partial charge in [0.25, 0.3) is 0 Å². The van der Waals surface area contributed by atoms with Crippen LogP contribution in [0, 0.1) is 0 Å². The number of rotatable bonds is 1. The summed E-state index contributed by atoms with van der Waals surface area (Å²) in [5, 5.41) is 0.599. The lowest BCUT2D eigenvalue weighted by molar-refractivity contribution is 0.793. The van der Waals surface area contributed by atoms with Crippen molar-refractivity contribution >= 4 is 22.8 Å². The molecule has 1 fully saturated rings. The highest BCUT2D eigenvalue weighted by molar-refractivity contribution is 7.99.